The number of fused-ring (bicyclic) bond motifs is 1. The fraction of sp³-hybridized carbons (Fsp3) is 0.222. The molecule has 0 atom stereocenters. The highest BCUT2D eigenvalue weighted by Gasteiger charge is 2.15. The minimum atomic E-state index is 0.921. The van der Waals surface area contributed by atoms with Gasteiger partial charge in [-0.3, -0.25) is 4.99 Å². The van der Waals surface area contributed by atoms with Crippen LogP contribution in [0.1, 0.15) is 12.0 Å². The molecular weight excluding hydrogens is 272 g/mol. The molecule has 1 aromatic carbocycles. The first-order valence-corrected chi connectivity index (χ1v) is 7.68. The summed E-state index contributed by atoms with van der Waals surface area (Å²) in [6, 6.07) is 14.9. The highest BCUT2D eigenvalue weighted by Crippen LogP contribution is 2.20. The maximum atomic E-state index is 4.55. The van der Waals surface area contributed by atoms with E-state index in [1.807, 2.05) is 6.07 Å². The zero-order valence-corrected chi connectivity index (χ0v) is 12.7. The number of imidazole rings is 1. The predicted molar refractivity (Wildman–Crippen MR) is 88.0 cm³/mol. The summed E-state index contributed by atoms with van der Waals surface area (Å²) in [6.45, 7) is 1.93. The van der Waals surface area contributed by atoms with Crippen molar-refractivity contribution in [2.24, 2.45) is 12.0 Å². The Balaban J connectivity index is 1.73. The van der Waals surface area contributed by atoms with Gasteiger partial charge in [-0.25, -0.2) is 8.97 Å². The number of amidine groups is 1. The van der Waals surface area contributed by atoms with Gasteiger partial charge in [0.2, 0.25) is 0 Å². The molecule has 0 bridgehead atoms. The van der Waals surface area contributed by atoms with Crippen molar-refractivity contribution in [3.05, 3.63) is 60.4 Å². The van der Waals surface area contributed by atoms with E-state index in [9.17, 15) is 0 Å². The van der Waals surface area contributed by atoms with E-state index in [0.29, 0.717) is 0 Å². The summed E-state index contributed by atoms with van der Waals surface area (Å²) >= 11 is 0. The standard InChI is InChI=1S/C18H19N4/c1-21-16(13-22-12-3-2-5-17(21)22)14-6-8-15(9-7-14)18-19-10-4-11-20-18/h2-3,5-9,12-13H,4,10-11H2,1H3,(H,19,20)/q+1. The molecule has 0 unspecified atom stereocenters. The molecule has 1 aliphatic rings. The van der Waals surface area contributed by atoms with Crippen LogP contribution in [0.5, 0.6) is 0 Å². The number of nitrogens with one attached hydrogen (secondary N) is 1. The van der Waals surface area contributed by atoms with E-state index < -0.39 is 0 Å². The first kappa shape index (κ1) is 13.1. The van der Waals surface area contributed by atoms with Gasteiger partial charge in [-0.15, -0.1) is 0 Å². The van der Waals surface area contributed by atoms with Crippen LogP contribution in [0.2, 0.25) is 0 Å². The molecule has 1 N–H and O–H groups in total. The van der Waals surface area contributed by atoms with Crippen LogP contribution in [-0.2, 0) is 7.05 Å². The summed E-state index contributed by atoms with van der Waals surface area (Å²) in [5.41, 5.74) is 4.76. The lowest BCUT2D eigenvalue weighted by Crippen LogP contribution is -2.30. The van der Waals surface area contributed by atoms with Gasteiger partial charge in [0.25, 0.3) is 5.65 Å². The second-order valence-electron chi connectivity index (χ2n) is 5.63. The Kier molecular flexibility index (Phi) is 3.15. The number of pyridine rings is 1. The molecule has 0 saturated heterocycles. The van der Waals surface area contributed by atoms with Crippen LogP contribution in [0.3, 0.4) is 0 Å². The molecule has 0 spiro atoms. The predicted octanol–water partition coefficient (Wildman–Crippen LogP) is 2.17. The molecule has 4 nitrogen and oxygen atoms in total. The third-order valence-corrected chi connectivity index (χ3v) is 4.19. The van der Waals surface area contributed by atoms with Crippen molar-refractivity contribution < 1.29 is 4.40 Å². The monoisotopic (exact) mass is 291 g/mol. The molecular formula is C18H19N4+. The summed E-state index contributed by atoms with van der Waals surface area (Å²) < 4.78 is 4.36. The molecule has 2 aromatic heterocycles. The topological polar surface area (TPSA) is 33.4 Å². The highest BCUT2D eigenvalue weighted by molar-refractivity contribution is 5.99. The lowest BCUT2D eigenvalue weighted by atomic mass is 10.1. The minimum Gasteiger partial charge on any atom is -0.370 e. The van der Waals surface area contributed by atoms with Crippen molar-refractivity contribution in [1.82, 2.24) is 9.88 Å². The van der Waals surface area contributed by atoms with E-state index in [2.05, 4.69) is 75.1 Å². The molecule has 3 aromatic rings. The number of aliphatic imine (C=N–C) groups is 1. The van der Waals surface area contributed by atoms with E-state index in [0.717, 1.165) is 30.9 Å². The maximum absolute atomic E-state index is 4.55. The van der Waals surface area contributed by atoms with Gasteiger partial charge in [-0.2, -0.15) is 0 Å². The summed E-state index contributed by atoms with van der Waals surface area (Å²) in [6.07, 6.45) is 5.36. The molecule has 0 radical (unpaired) electrons. The first-order valence-electron chi connectivity index (χ1n) is 7.68. The Bertz CT molecular complexity index is 843. The fourth-order valence-corrected chi connectivity index (χ4v) is 2.98. The number of benzene rings is 1. The Morgan fingerprint density at radius 2 is 1.91 bits per heavy atom. The number of aromatic nitrogens is 2. The van der Waals surface area contributed by atoms with Gasteiger partial charge in [-0.05, 0) is 24.6 Å². The summed E-state index contributed by atoms with van der Waals surface area (Å²) in [5.74, 6) is 1.02. The van der Waals surface area contributed by atoms with Gasteiger partial charge in [0, 0.05) is 30.3 Å². The van der Waals surface area contributed by atoms with Gasteiger partial charge in [0.15, 0.2) is 5.69 Å². The van der Waals surface area contributed by atoms with Crippen molar-refractivity contribution in [2.75, 3.05) is 13.1 Å². The van der Waals surface area contributed by atoms with Crippen LogP contribution in [0.25, 0.3) is 16.9 Å². The third-order valence-electron chi connectivity index (χ3n) is 4.19. The molecule has 0 amide bonds. The van der Waals surface area contributed by atoms with E-state index in [4.69, 9.17) is 0 Å². The number of aryl methyl sites for hydroxylation is 1. The van der Waals surface area contributed by atoms with Crippen molar-refractivity contribution in [2.45, 2.75) is 6.42 Å². The molecule has 0 aliphatic carbocycles. The molecule has 1 aliphatic heterocycles. The zero-order chi connectivity index (χ0) is 14.9. The van der Waals surface area contributed by atoms with Gasteiger partial charge >= 0.3 is 0 Å². The summed E-state index contributed by atoms with van der Waals surface area (Å²) in [5, 5.41) is 3.37. The summed E-state index contributed by atoms with van der Waals surface area (Å²) in [4.78, 5) is 4.55. The Labute approximate surface area is 129 Å². The Hall–Kier alpha value is -2.62. The molecule has 0 fully saturated rings. The number of rotatable bonds is 2. The lowest BCUT2D eigenvalue weighted by Gasteiger charge is -2.14. The van der Waals surface area contributed by atoms with Gasteiger partial charge in [-0.1, -0.05) is 18.2 Å². The average Bonchev–Trinajstić information content (AvgIpc) is 2.93. The third kappa shape index (κ3) is 2.17. The van der Waals surface area contributed by atoms with Crippen LogP contribution in [0, 0.1) is 0 Å². The van der Waals surface area contributed by atoms with Crippen molar-refractivity contribution in [3.8, 4) is 11.3 Å². The van der Waals surface area contributed by atoms with Crippen molar-refractivity contribution in [1.29, 1.82) is 0 Å². The van der Waals surface area contributed by atoms with Crippen molar-refractivity contribution in [3.63, 3.8) is 0 Å². The van der Waals surface area contributed by atoms with Crippen LogP contribution in [0.15, 0.2) is 59.9 Å². The fourth-order valence-electron chi connectivity index (χ4n) is 2.98. The van der Waals surface area contributed by atoms with E-state index in [1.54, 1.807) is 0 Å². The quantitative estimate of drug-likeness (QED) is 0.721. The Morgan fingerprint density at radius 1 is 1.09 bits per heavy atom. The smallest absolute Gasteiger partial charge is 0.286 e. The van der Waals surface area contributed by atoms with Gasteiger partial charge in [0.05, 0.1) is 13.2 Å². The maximum Gasteiger partial charge on any atom is 0.286 e. The highest BCUT2D eigenvalue weighted by atomic mass is 15.1. The zero-order valence-electron chi connectivity index (χ0n) is 12.7. The molecule has 0 saturated carbocycles. The molecule has 110 valence electrons. The minimum absolute atomic E-state index is 0.921. The van der Waals surface area contributed by atoms with Crippen molar-refractivity contribution >= 4 is 11.5 Å². The van der Waals surface area contributed by atoms with Gasteiger partial charge in [0.1, 0.15) is 12.0 Å². The van der Waals surface area contributed by atoms with Crippen LogP contribution < -0.4 is 9.72 Å². The normalized spacial score (nSPS) is 14.7. The SMILES string of the molecule is Cn1c(-c2ccc(C3=NCCCN3)cc2)c[n+]2ccccc12. The second-order valence-corrected chi connectivity index (χ2v) is 5.63. The van der Waals surface area contributed by atoms with E-state index in [-0.39, 0.29) is 0 Å². The van der Waals surface area contributed by atoms with Crippen LogP contribution in [-0.4, -0.2) is 23.5 Å². The molecule has 4 heteroatoms. The first-order chi connectivity index (χ1) is 10.8. The van der Waals surface area contributed by atoms with Crippen LogP contribution >= 0.6 is 0 Å². The van der Waals surface area contributed by atoms with Gasteiger partial charge < -0.3 is 5.32 Å². The molecule has 22 heavy (non-hydrogen) atoms. The summed E-state index contributed by atoms with van der Waals surface area (Å²) in [7, 11) is 2.10. The largest absolute Gasteiger partial charge is 0.370 e. The van der Waals surface area contributed by atoms with Crippen LogP contribution in [0.4, 0.5) is 0 Å². The molecule has 4 rings (SSSR count). The van der Waals surface area contributed by atoms with E-state index >= 15 is 0 Å². The molecule has 3 heterocycles. The average molecular weight is 291 g/mol. The number of nitrogens with zero attached hydrogens (tertiary/aromatic N) is 3. The van der Waals surface area contributed by atoms with E-state index in [1.165, 1.54) is 16.9 Å². The number of hydrogen-bond donors (Lipinski definition) is 1. The second kappa shape index (κ2) is 5.30. The number of hydrogen-bond acceptors (Lipinski definition) is 2. The Morgan fingerprint density at radius 3 is 2.64 bits per heavy atom. The lowest BCUT2D eigenvalue weighted by molar-refractivity contribution is -0.510.